The van der Waals surface area contributed by atoms with Crippen molar-refractivity contribution < 1.29 is 4.48 Å². The molecule has 0 atom stereocenters. The average molecular weight is 447 g/mol. The normalized spacial score (nSPS) is 16.6. The van der Waals surface area contributed by atoms with Gasteiger partial charge in [0.05, 0.1) is 32.4 Å². The lowest BCUT2D eigenvalue weighted by Gasteiger charge is -2.46. The molecular formula is C28H40N5+. The number of quaternary nitrogens is 1. The molecule has 5 heteroatoms. The topological polar surface area (TPSA) is 42.7 Å². The van der Waals surface area contributed by atoms with Gasteiger partial charge < -0.3 is 9.80 Å². The largest absolute Gasteiger partial charge is 0.344 e. The summed E-state index contributed by atoms with van der Waals surface area (Å²) in [6.07, 6.45) is 8.30. The van der Waals surface area contributed by atoms with E-state index in [9.17, 15) is 0 Å². The lowest BCUT2D eigenvalue weighted by molar-refractivity contribution is -0.938. The van der Waals surface area contributed by atoms with E-state index in [4.69, 9.17) is 0 Å². The molecule has 0 spiro atoms. The van der Waals surface area contributed by atoms with Crippen molar-refractivity contribution >= 4 is 16.6 Å². The molecule has 1 fully saturated rings. The van der Waals surface area contributed by atoms with Crippen LogP contribution in [0, 0.1) is 17.8 Å². The summed E-state index contributed by atoms with van der Waals surface area (Å²) in [5, 5.41) is 10.2. The SMILES string of the molecule is C=C(Nc1cc2cc(-c3cnn(C)c3)ccc2cn1)C1CC[N+](CC(C)C)(CC(C)C)CC1. The van der Waals surface area contributed by atoms with Gasteiger partial charge in [-0.1, -0.05) is 46.4 Å². The lowest BCUT2D eigenvalue weighted by Crippen LogP contribution is -2.56. The van der Waals surface area contributed by atoms with Gasteiger partial charge in [-0.15, -0.1) is 0 Å². The van der Waals surface area contributed by atoms with Crippen LogP contribution in [-0.4, -0.2) is 45.4 Å². The van der Waals surface area contributed by atoms with Gasteiger partial charge in [0.2, 0.25) is 0 Å². The van der Waals surface area contributed by atoms with Crippen LogP contribution in [0.4, 0.5) is 5.82 Å². The van der Waals surface area contributed by atoms with E-state index in [1.807, 2.05) is 30.3 Å². The minimum atomic E-state index is 0.509. The van der Waals surface area contributed by atoms with Crippen LogP contribution < -0.4 is 5.32 Å². The van der Waals surface area contributed by atoms with Crippen molar-refractivity contribution in [2.24, 2.45) is 24.8 Å². The zero-order valence-electron chi connectivity index (χ0n) is 21.0. The van der Waals surface area contributed by atoms with Gasteiger partial charge in [0, 0.05) is 66.7 Å². The van der Waals surface area contributed by atoms with Crippen LogP contribution in [0.3, 0.4) is 0 Å². The Hall–Kier alpha value is -2.66. The molecule has 1 N–H and O–H groups in total. The van der Waals surface area contributed by atoms with Crippen LogP contribution in [0.2, 0.25) is 0 Å². The van der Waals surface area contributed by atoms with Gasteiger partial charge in [-0.2, -0.15) is 5.10 Å². The number of hydrogen-bond donors (Lipinski definition) is 1. The Morgan fingerprint density at radius 1 is 1.03 bits per heavy atom. The number of likely N-dealkylation sites (tertiary alicyclic amines) is 1. The first kappa shape index (κ1) is 23.5. The number of hydrogen-bond acceptors (Lipinski definition) is 3. The summed E-state index contributed by atoms with van der Waals surface area (Å²) in [5.74, 6) is 2.86. The van der Waals surface area contributed by atoms with Gasteiger partial charge in [0.25, 0.3) is 0 Å². The maximum atomic E-state index is 4.66. The van der Waals surface area contributed by atoms with Gasteiger partial charge in [0.1, 0.15) is 5.82 Å². The first-order chi connectivity index (χ1) is 15.7. The molecule has 2 aromatic heterocycles. The van der Waals surface area contributed by atoms with Crippen molar-refractivity contribution in [1.29, 1.82) is 0 Å². The quantitative estimate of drug-likeness (QED) is 0.425. The van der Waals surface area contributed by atoms with E-state index in [1.54, 1.807) is 0 Å². The molecule has 3 heterocycles. The lowest BCUT2D eigenvalue weighted by atomic mass is 9.90. The van der Waals surface area contributed by atoms with Gasteiger partial charge in [-0.05, 0) is 23.1 Å². The van der Waals surface area contributed by atoms with Gasteiger partial charge >= 0.3 is 0 Å². The number of rotatable bonds is 8. The van der Waals surface area contributed by atoms with E-state index in [0.29, 0.717) is 5.92 Å². The van der Waals surface area contributed by atoms with Crippen LogP contribution in [0.15, 0.2) is 55.1 Å². The molecule has 1 aromatic carbocycles. The standard InChI is InChI=1S/C28H40N5/c1-20(2)18-33(19-21(3)4)11-9-23(10-12-33)22(5)31-28-14-26-13-24(7-8-25(26)15-29-28)27-16-30-32(6)17-27/h7-8,13-17,20-21,23H,5,9-12,18-19H2,1-4,6H3,(H,29,31)/q+1. The highest BCUT2D eigenvalue weighted by Gasteiger charge is 2.35. The molecule has 1 aliphatic rings. The minimum Gasteiger partial charge on any atom is -0.344 e. The maximum Gasteiger partial charge on any atom is 0.130 e. The van der Waals surface area contributed by atoms with E-state index < -0.39 is 0 Å². The second-order valence-electron chi connectivity index (χ2n) is 10.9. The van der Waals surface area contributed by atoms with Crippen molar-refractivity contribution in [2.45, 2.75) is 40.5 Å². The van der Waals surface area contributed by atoms with Crippen molar-refractivity contribution in [3.05, 3.63) is 55.1 Å². The molecule has 3 aromatic rings. The average Bonchev–Trinajstić information content (AvgIpc) is 3.19. The second-order valence-corrected chi connectivity index (χ2v) is 10.9. The molecular weight excluding hydrogens is 406 g/mol. The monoisotopic (exact) mass is 446 g/mol. The van der Waals surface area contributed by atoms with Crippen LogP contribution in [-0.2, 0) is 7.05 Å². The smallest absolute Gasteiger partial charge is 0.130 e. The van der Waals surface area contributed by atoms with Crippen LogP contribution in [0.25, 0.3) is 21.9 Å². The molecule has 1 saturated heterocycles. The van der Waals surface area contributed by atoms with E-state index in [2.05, 4.69) is 73.9 Å². The van der Waals surface area contributed by atoms with Gasteiger partial charge in [-0.3, -0.25) is 4.68 Å². The highest BCUT2D eigenvalue weighted by Crippen LogP contribution is 2.31. The van der Waals surface area contributed by atoms with E-state index in [1.165, 1.54) is 54.5 Å². The minimum absolute atomic E-state index is 0.509. The highest BCUT2D eigenvalue weighted by atomic mass is 15.4. The Bertz CT molecular complexity index is 1090. The number of nitrogens with zero attached hydrogens (tertiary/aromatic N) is 4. The number of piperidine rings is 1. The fourth-order valence-electron chi connectivity index (χ4n) is 5.68. The van der Waals surface area contributed by atoms with Crippen molar-refractivity contribution in [3.8, 4) is 11.1 Å². The van der Waals surface area contributed by atoms with Gasteiger partial charge in [0.15, 0.2) is 0 Å². The Balaban J connectivity index is 1.44. The molecule has 0 aliphatic carbocycles. The molecule has 176 valence electrons. The molecule has 33 heavy (non-hydrogen) atoms. The summed E-state index contributed by atoms with van der Waals surface area (Å²) in [4.78, 5) is 4.66. The fourth-order valence-corrected chi connectivity index (χ4v) is 5.68. The molecule has 0 saturated carbocycles. The summed E-state index contributed by atoms with van der Waals surface area (Å²) in [5.41, 5.74) is 3.40. The predicted octanol–water partition coefficient (Wildman–Crippen LogP) is 6.10. The number of pyridine rings is 1. The third-order valence-corrected chi connectivity index (χ3v) is 6.95. The van der Waals surface area contributed by atoms with E-state index in [0.717, 1.165) is 34.3 Å². The Morgan fingerprint density at radius 3 is 2.33 bits per heavy atom. The van der Waals surface area contributed by atoms with Crippen molar-refractivity contribution in [3.63, 3.8) is 0 Å². The molecule has 0 unspecified atom stereocenters. The van der Waals surface area contributed by atoms with Crippen molar-refractivity contribution in [2.75, 3.05) is 31.5 Å². The summed E-state index contributed by atoms with van der Waals surface area (Å²) in [7, 11) is 1.95. The first-order valence-electron chi connectivity index (χ1n) is 12.4. The molecule has 0 bridgehead atoms. The number of anilines is 1. The van der Waals surface area contributed by atoms with Gasteiger partial charge in [-0.25, -0.2) is 4.98 Å². The van der Waals surface area contributed by atoms with Crippen molar-refractivity contribution in [1.82, 2.24) is 14.8 Å². The van der Waals surface area contributed by atoms with E-state index in [-0.39, 0.29) is 0 Å². The predicted molar refractivity (Wildman–Crippen MR) is 139 cm³/mol. The maximum absolute atomic E-state index is 4.66. The first-order valence-corrected chi connectivity index (χ1v) is 12.4. The summed E-state index contributed by atoms with van der Waals surface area (Å²) in [6, 6.07) is 8.62. The number of nitrogens with one attached hydrogen (secondary N) is 1. The summed E-state index contributed by atoms with van der Waals surface area (Å²) < 4.78 is 3.10. The third kappa shape index (κ3) is 5.64. The van der Waals surface area contributed by atoms with Crippen LogP contribution in [0.1, 0.15) is 40.5 Å². The van der Waals surface area contributed by atoms with Crippen LogP contribution in [0.5, 0.6) is 0 Å². The summed E-state index contributed by atoms with van der Waals surface area (Å²) >= 11 is 0. The zero-order chi connectivity index (χ0) is 23.6. The molecule has 4 rings (SSSR count). The molecule has 0 radical (unpaired) electrons. The number of aryl methyl sites for hydroxylation is 1. The zero-order valence-corrected chi connectivity index (χ0v) is 21.0. The highest BCUT2D eigenvalue weighted by molar-refractivity contribution is 5.88. The molecule has 1 aliphatic heterocycles. The molecule has 5 nitrogen and oxygen atoms in total. The second kappa shape index (κ2) is 9.68. The van der Waals surface area contributed by atoms with E-state index >= 15 is 0 Å². The number of benzene rings is 1. The fraction of sp³-hybridized carbons (Fsp3) is 0.500. The molecule has 0 amide bonds. The third-order valence-electron chi connectivity index (χ3n) is 6.95. The number of allylic oxidation sites excluding steroid dienone is 1. The Kier molecular flexibility index (Phi) is 6.89. The Morgan fingerprint density at radius 2 is 1.73 bits per heavy atom. The van der Waals surface area contributed by atoms with Crippen LogP contribution >= 0.6 is 0 Å². The number of aromatic nitrogens is 3. The Labute approximate surface area is 199 Å². The summed E-state index contributed by atoms with van der Waals surface area (Å²) in [6.45, 7) is 18.9. The number of fused-ring (bicyclic) bond motifs is 1.